The predicted octanol–water partition coefficient (Wildman–Crippen LogP) is 4.91. The van der Waals surface area contributed by atoms with Crippen LogP contribution in [0.4, 0.5) is 0 Å². The third-order valence-electron chi connectivity index (χ3n) is 5.25. The highest BCUT2D eigenvalue weighted by molar-refractivity contribution is 5.91. The van der Waals surface area contributed by atoms with Crippen molar-refractivity contribution in [2.24, 2.45) is 0 Å². The van der Waals surface area contributed by atoms with Gasteiger partial charge in [0.15, 0.2) is 0 Å². The summed E-state index contributed by atoms with van der Waals surface area (Å²) in [5.74, 6) is -0.204. The lowest BCUT2D eigenvalue weighted by Gasteiger charge is -2.09. The number of rotatable bonds is 13. The molecule has 38 heavy (non-hydrogen) atoms. The maximum atomic E-state index is 12.5. The first-order valence-electron chi connectivity index (χ1n) is 11.8. The normalized spacial score (nSPS) is 10.2. The van der Waals surface area contributed by atoms with Crippen LogP contribution in [0.15, 0.2) is 97.6 Å². The van der Waals surface area contributed by atoms with Crippen molar-refractivity contribution < 1.29 is 38.4 Å². The Morgan fingerprint density at radius 1 is 0.737 bits per heavy atom. The quantitative estimate of drug-likeness (QED) is 0.148. The first kappa shape index (κ1) is 27.9. The fourth-order valence-corrected chi connectivity index (χ4v) is 3.17. The summed E-state index contributed by atoms with van der Waals surface area (Å²) in [5.41, 5.74) is 2.20. The molecule has 0 aliphatic heterocycles. The van der Waals surface area contributed by atoms with Crippen LogP contribution < -0.4 is 14.2 Å². The smallest absolute Gasteiger partial charge is 0.343 e. The van der Waals surface area contributed by atoms with Gasteiger partial charge in [-0.3, -0.25) is 0 Å². The van der Waals surface area contributed by atoms with Crippen LogP contribution in [0, 0.1) is 0 Å². The first-order chi connectivity index (χ1) is 18.4. The van der Waals surface area contributed by atoms with Crippen molar-refractivity contribution in [2.45, 2.75) is 12.8 Å². The molecule has 0 saturated heterocycles. The topological polar surface area (TPSA) is 108 Å². The van der Waals surface area contributed by atoms with Gasteiger partial charge >= 0.3 is 17.9 Å². The Balaban J connectivity index is 1.43. The summed E-state index contributed by atoms with van der Waals surface area (Å²) in [6.45, 7) is 6.99. The number of carbonyl (C=O) groups is 3. The zero-order chi connectivity index (χ0) is 27.3. The van der Waals surface area contributed by atoms with Gasteiger partial charge in [0, 0.05) is 6.08 Å². The number of unbranched alkanes of at least 4 members (excludes halogenated alkanes) is 1. The van der Waals surface area contributed by atoms with Crippen LogP contribution in [0.5, 0.6) is 17.2 Å². The van der Waals surface area contributed by atoms with Crippen molar-refractivity contribution in [3.8, 4) is 28.4 Å². The minimum absolute atomic E-state index is 0.0244. The Bertz CT molecular complexity index is 1260. The van der Waals surface area contributed by atoms with Gasteiger partial charge in [-0.15, -0.1) is 0 Å². The monoisotopic (exact) mass is 516 g/mol. The molecule has 0 spiro atoms. The number of benzene rings is 3. The Kier molecular flexibility index (Phi) is 10.4. The molecule has 0 aliphatic rings. The van der Waals surface area contributed by atoms with Crippen molar-refractivity contribution in [3.63, 3.8) is 0 Å². The van der Waals surface area contributed by atoms with Gasteiger partial charge in [-0.2, -0.15) is 0 Å². The van der Waals surface area contributed by atoms with Crippen molar-refractivity contribution in [1.82, 2.24) is 0 Å². The van der Waals surface area contributed by atoms with Crippen LogP contribution in [-0.4, -0.2) is 42.8 Å². The summed E-state index contributed by atoms with van der Waals surface area (Å²) >= 11 is 0. The van der Waals surface area contributed by atoms with E-state index in [-0.39, 0.29) is 12.2 Å². The molecule has 0 fully saturated rings. The van der Waals surface area contributed by atoms with Gasteiger partial charge < -0.3 is 24.1 Å². The van der Waals surface area contributed by atoms with Crippen LogP contribution in [0.2, 0.25) is 0 Å². The van der Waals surface area contributed by atoms with Gasteiger partial charge in [0.05, 0.1) is 31.0 Å². The van der Waals surface area contributed by atoms with E-state index in [1.54, 1.807) is 48.5 Å². The third-order valence-corrected chi connectivity index (χ3v) is 5.25. The van der Waals surface area contributed by atoms with Gasteiger partial charge in [-0.05, 0) is 72.5 Å². The van der Waals surface area contributed by atoms with Crippen molar-refractivity contribution >= 4 is 17.9 Å². The van der Waals surface area contributed by atoms with Gasteiger partial charge in [0.1, 0.15) is 17.2 Å². The summed E-state index contributed by atoms with van der Waals surface area (Å²) in [5, 5.41) is 8.82. The van der Waals surface area contributed by atoms with E-state index in [9.17, 15) is 14.4 Å². The number of hydrogen-bond donors (Lipinski definition) is 1. The fraction of sp³-hybridized carbons (Fsp3) is 0.167. The Hall–Kier alpha value is -4.69. The number of aliphatic hydroxyl groups is 1. The predicted molar refractivity (Wildman–Crippen MR) is 141 cm³/mol. The van der Waals surface area contributed by atoms with Crippen LogP contribution in [-0.2, 0) is 14.3 Å². The molecule has 0 aliphatic carbocycles. The molecule has 1 N–H and O–H groups in total. The molecule has 0 saturated carbocycles. The molecule has 3 aromatic carbocycles. The largest absolute Gasteiger partial charge is 0.494 e. The van der Waals surface area contributed by atoms with Crippen molar-refractivity contribution in [1.29, 1.82) is 0 Å². The maximum absolute atomic E-state index is 12.5. The standard InChI is InChI=1S/C30H28O8/c1-3-28(32)37-26-12-10-23(11-13-26)22-6-8-24(9-7-22)30(34)38-27-16-14-25(15-17-27)35-18-4-5-19-36-29(33)21(2)20-31/h3,6-17,31H,1-2,4-5,18-20H2. The molecular weight excluding hydrogens is 488 g/mol. The Morgan fingerprint density at radius 2 is 1.26 bits per heavy atom. The van der Waals surface area contributed by atoms with Gasteiger partial charge in [0.25, 0.3) is 0 Å². The third kappa shape index (κ3) is 8.46. The average Bonchev–Trinajstić information content (AvgIpc) is 2.95. The van der Waals surface area contributed by atoms with E-state index in [2.05, 4.69) is 13.2 Å². The van der Waals surface area contributed by atoms with E-state index in [0.717, 1.165) is 17.2 Å². The Morgan fingerprint density at radius 3 is 1.87 bits per heavy atom. The second-order valence-corrected chi connectivity index (χ2v) is 8.04. The van der Waals surface area contributed by atoms with Crippen LogP contribution >= 0.6 is 0 Å². The summed E-state index contributed by atoms with van der Waals surface area (Å²) in [6.07, 6.45) is 2.37. The van der Waals surface area contributed by atoms with E-state index in [0.29, 0.717) is 42.3 Å². The number of carbonyl (C=O) groups excluding carboxylic acids is 3. The molecule has 0 bridgehead atoms. The summed E-state index contributed by atoms with van der Waals surface area (Å²) in [4.78, 5) is 35.2. The van der Waals surface area contributed by atoms with E-state index < -0.39 is 24.5 Å². The van der Waals surface area contributed by atoms with E-state index in [1.807, 2.05) is 24.3 Å². The number of hydrogen-bond acceptors (Lipinski definition) is 8. The highest BCUT2D eigenvalue weighted by atomic mass is 16.5. The lowest BCUT2D eigenvalue weighted by atomic mass is 10.0. The van der Waals surface area contributed by atoms with E-state index in [1.165, 1.54) is 0 Å². The van der Waals surface area contributed by atoms with Crippen molar-refractivity contribution in [3.05, 3.63) is 103 Å². The molecule has 196 valence electrons. The lowest BCUT2D eigenvalue weighted by Crippen LogP contribution is -2.11. The molecule has 0 atom stereocenters. The highest BCUT2D eigenvalue weighted by Gasteiger charge is 2.10. The summed E-state index contributed by atoms with van der Waals surface area (Å²) in [6, 6.07) is 20.7. The lowest BCUT2D eigenvalue weighted by molar-refractivity contribution is -0.139. The fourth-order valence-electron chi connectivity index (χ4n) is 3.17. The summed E-state index contributed by atoms with van der Waals surface area (Å²) < 4.78 is 21.1. The van der Waals surface area contributed by atoms with E-state index in [4.69, 9.17) is 24.1 Å². The minimum Gasteiger partial charge on any atom is -0.494 e. The molecule has 0 amide bonds. The van der Waals surface area contributed by atoms with E-state index >= 15 is 0 Å². The SMILES string of the molecule is C=CC(=O)Oc1ccc(-c2ccc(C(=O)Oc3ccc(OCCCCOC(=O)C(=C)CO)cc3)cc2)cc1. The van der Waals surface area contributed by atoms with Gasteiger partial charge in [-0.25, -0.2) is 14.4 Å². The zero-order valence-electron chi connectivity index (χ0n) is 20.8. The zero-order valence-corrected chi connectivity index (χ0v) is 20.8. The molecule has 0 unspecified atom stereocenters. The Labute approximate surface area is 220 Å². The van der Waals surface area contributed by atoms with Crippen molar-refractivity contribution in [2.75, 3.05) is 19.8 Å². The second kappa shape index (κ2) is 14.2. The number of esters is 3. The average molecular weight is 517 g/mol. The maximum Gasteiger partial charge on any atom is 0.343 e. The van der Waals surface area contributed by atoms with Crippen LogP contribution in [0.25, 0.3) is 11.1 Å². The highest BCUT2D eigenvalue weighted by Crippen LogP contribution is 2.24. The number of aliphatic hydroxyl groups excluding tert-OH is 1. The second-order valence-electron chi connectivity index (χ2n) is 8.04. The van der Waals surface area contributed by atoms with Gasteiger partial charge in [0.2, 0.25) is 0 Å². The minimum atomic E-state index is -0.602. The van der Waals surface area contributed by atoms with Gasteiger partial charge in [-0.1, -0.05) is 37.4 Å². The molecule has 3 aromatic rings. The molecule has 0 radical (unpaired) electrons. The molecule has 0 aromatic heterocycles. The molecular formula is C30H28O8. The van der Waals surface area contributed by atoms with Crippen LogP contribution in [0.3, 0.4) is 0 Å². The first-order valence-corrected chi connectivity index (χ1v) is 11.8. The van der Waals surface area contributed by atoms with Crippen LogP contribution in [0.1, 0.15) is 23.2 Å². The number of ether oxygens (including phenoxy) is 4. The summed E-state index contributed by atoms with van der Waals surface area (Å²) in [7, 11) is 0. The molecule has 8 nitrogen and oxygen atoms in total. The molecule has 0 heterocycles. The molecule has 3 rings (SSSR count). The molecule has 8 heteroatoms.